The summed E-state index contributed by atoms with van der Waals surface area (Å²) in [5.74, 6) is 1.89. The van der Waals surface area contributed by atoms with E-state index < -0.39 is 0 Å². The normalized spacial score (nSPS) is 24.7. The number of guanidine groups is 1. The third-order valence-corrected chi connectivity index (χ3v) is 7.09. The highest BCUT2D eigenvalue weighted by molar-refractivity contribution is 14.0. The van der Waals surface area contributed by atoms with Crippen molar-refractivity contribution in [3.63, 3.8) is 0 Å². The maximum Gasteiger partial charge on any atom is 0.193 e. The van der Waals surface area contributed by atoms with Crippen LogP contribution in [0.5, 0.6) is 0 Å². The predicted molar refractivity (Wildman–Crippen MR) is 127 cm³/mol. The summed E-state index contributed by atoms with van der Waals surface area (Å²) in [4.78, 5) is 9.71. The molecule has 6 heteroatoms. The molecule has 1 unspecified atom stereocenters. The van der Waals surface area contributed by atoms with Crippen LogP contribution in [0.15, 0.2) is 33.7 Å². The number of rotatable bonds is 5. The average Bonchev–Trinajstić information content (AvgIpc) is 3.04. The molecule has 27 heavy (non-hydrogen) atoms. The van der Waals surface area contributed by atoms with E-state index >= 15 is 0 Å². The van der Waals surface area contributed by atoms with E-state index in [2.05, 4.69) is 60.3 Å². The van der Waals surface area contributed by atoms with Crippen LogP contribution < -0.4 is 5.32 Å². The molecule has 1 N–H and O–H groups in total. The molecule has 0 bridgehead atoms. The van der Waals surface area contributed by atoms with Gasteiger partial charge >= 0.3 is 0 Å². The van der Waals surface area contributed by atoms with Gasteiger partial charge in [0.1, 0.15) is 0 Å². The van der Waals surface area contributed by atoms with Crippen molar-refractivity contribution >= 4 is 45.9 Å². The van der Waals surface area contributed by atoms with Crippen LogP contribution in [-0.2, 0) is 5.41 Å². The van der Waals surface area contributed by atoms with E-state index in [-0.39, 0.29) is 29.4 Å². The van der Waals surface area contributed by atoms with E-state index in [9.17, 15) is 0 Å². The second kappa shape index (κ2) is 9.44. The summed E-state index contributed by atoms with van der Waals surface area (Å²) < 4.78 is 1.24. The quantitative estimate of drug-likeness (QED) is 0.343. The molecule has 1 aromatic carbocycles. The highest BCUT2D eigenvalue weighted by atomic mass is 127. The molecule has 0 aromatic heterocycles. The first-order valence-corrected chi connectivity index (χ1v) is 10.9. The number of nitrogens with zero attached hydrogens (tertiary/aromatic N) is 3. The summed E-state index contributed by atoms with van der Waals surface area (Å²) >= 11 is 3.74. The zero-order valence-corrected chi connectivity index (χ0v) is 20.2. The van der Waals surface area contributed by atoms with Crippen LogP contribution in [0.4, 0.5) is 0 Å². The highest BCUT2D eigenvalue weighted by Crippen LogP contribution is 2.49. The van der Waals surface area contributed by atoms with Crippen molar-refractivity contribution in [1.82, 2.24) is 15.1 Å². The topological polar surface area (TPSA) is 30.9 Å². The molecule has 0 spiro atoms. The maximum absolute atomic E-state index is 4.59. The van der Waals surface area contributed by atoms with E-state index in [1.54, 1.807) is 0 Å². The average molecular weight is 547 g/mol. The fraction of sp³-hybridized carbons (Fsp3) is 0.667. The zero-order chi connectivity index (χ0) is 18.0. The SMILES string of the molecule is CN=C(NCC1(c2ccccc2Br)CC1)N1CCC(CN2CCCC2)C1.I. The van der Waals surface area contributed by atoms with Gasteiger partial charge in [-0.3, -0.25) is 4.99 Å². The minimum atomic E-state index is 0. The lowest BCUT2D eigenvalue weighted by Crippen LogP contribution is -2.43. The van der Waals surface area contributed by atoms with Gasteiger partial charge in [-0.2, -0.15) is 0 Å². The molecule has 2 heterocycles. The first-order chi connectivity index (χ1) is 12.7. The fourth-order valence-electron chi connectivity index (χ4n) is 4.67. The standard InChI is InChI=1S/C21H31BrN4.HI/c1-23-20(26-13-8-17(15-26)14-25-11-4-5-12-25)24-16-21(9-10-21)18-6-2-3-7-19(18)22;/h2-3,6-7,17H,4-5,8-16H2,1H3,(H,23,24);1H. The van der Waals surface area contributed by atoms with E-state index in [4.69, 9.17) is 0 Å². The Balaban J connectivity index is 0.00000210. The lowest BCUT2D eigenvalue weighted by molar-refractivity contribution is 0.281. The maximum atomic E-state index is 4.59. The Bertz CT molecular complexity index is 655. The molecule has 3 aliphatic rings. The van der Waals surface area contributed by atoms with E-state index in [0.29, 0.717) is 0 Å². The Labute approximate surface area is 189 Å². The zero-order valence-electron chi connectivity index (χ0n) is 16.3. The molecule has 0 amide bonds. The van der Waals surface area contributed by atoms with Gasteiger partial charge in [-0.25, -0.2) is 0 Å². The predicted octanol–water partition coefficient (Wildman–Crippen LogP) is 4.09. The van der Waals surface area contributed by atoms with Crippen molar-refractivity contribution in [2.24, 2.45) is 10.9 Å². The molecule has 4 rings (SSSR count). The Morgan fingerprint density at radius 1 is 1.22 bits per heavy atom. The van der Waals surface area contributed by atoms with Gasteiger partial charge < -0.3 is 15.1 Å². The Kier molecular flexibility index (Phi) is 7.47. The van der Waals surface area contributed by atoms with Gasteiger partial charge in [0.25, 0.3) is 0 Å². The Hall–Kier alpha value is -0.340. The molecule has 2 aliphatic heterocycles. The minimum Gasteiger partial charge on any atom is -0.355 e. The number of aliphatic imine (C=N–C) groups is 1. The molecule has 1 saturated carbocycles. The van der Waals surface area contributed by atoms with Gasteiger partial charge in [-0.05, 0) is 62.7 Å². The molecule has 0 radical (unpaired) electrons. The summed E-state index contributed by atoms with van der Waals surface area (Å²) in [6.07, 6.45) is 6.59. The first-order valence-electron chi connectivity index (χ1n) is 10.1. The van der Waals surface area contributed by atoms with Crippen molar-refractivity contribution in [1.29, 1.82) is 0 Å². The molecule has 150 valence electrons. The van der Waals surface area contributed by atoms with Crippen molar-refractivity contribution in [2.45, 2.75) is 37.5 Å². The van der Waals surface area contributed by atoms with Gasteiger partial charge in [0.05, 0.1) is 0 Å². The Morgan fingerprint density at radius 2 is 1.96 bits per heavy atom. The molecular weight excluding hydrogens is 515 g/mol. The number of likely N-dealkylation sites (tertiary alicyclic amines) is 2. The van der Waals surface area contributed by atoms with Crippen molar-refractivity contribution in [3.05, 3.63) is 34.3 Å². The van der Waals surface area contributed by atoms with E-state index in [0.717, 1.165) is 31.5 Å². The summed E-state index contributed by atoms with van der Waals surface area (Å²) in [5.41, 5.74) is 1.72. The van der Waals surface area contributed by atoms with Gasteiger partial charge in [0.15, 0.2) is 5.96 Å². The molecule has 1 aliphatic carbocycles. The lowest BCUT2D eigenvalue weighted by Gasteiger charge is -2.26. The molecule has 4 nitrogen and oxygen atoms in total. The van der Waals surface area contributed by atoms with Gasteiger partial charge in [-0.1, -0.05) is 34.1 Å². The number of hydrogen-bond acceptors (Lipinski definition) is 2. The molecule has 1 aromatic rings. The lowest BCUT2D eigenvalue weighted by atomic mass is 9.96. The van der Waals surface area contributed by atoms with Crippen molar-refractivity contribution < 1.29 is 0 Å². The van der Waals surface area contributed by atoms with Crippen molar-refractivity contribution in [3.8, 4) is 0 Å². The molecule has 1 atom stereocenters. The van der Waals surface area contributed by atoms with Gasteiger partial charge in [0.2, 0.25) is 0 Å². The molecule has 3 fully saturated rings. The highest BCUT2D eigenvalue weighted by Gasteiger charge is 2.45. The number of halogens is 2. The second-order valence-electron chi connectivity index (χ2n) is 8.27. The minimum absolute atomic E-state index is 0. The molecule has 2 saturated heterocycles. The van der Waals surface area contributed by atoms with Gasteiger partial charge in [0, 0.05) is 43.1 Å². The first kappa shape index (κ1) is 21.4. The van der Waals surface area contributed by atoms with E-state index in [1.807, 2.05) is 7.05 Å². The molecular formula is C21H32BrIN4. The smallest absolute Gasteiger partial charge is 0.193 e. The van der Waals surface area contributed by atoms with Crippen LogP contribution in [0.3, 0.4) is 0 Å². The summed E-state index contributed by atoms with van der Waals surface area (Å²) in [7, 11) is 1.92. The summed E-state index contributed by atoms with van der Waals surface area (Å²) in [5, 5.41) is 3.70. The van der Waals surface area contributed by atoms with Crippen LogP contribution in [0.25, 0.3) is 0 Å². The summed E-state index contributed by atoms with van der Waals surface area (Å²) in [6, 6.07) is 8.68. The number of nitrogens with one attached hydrogen (secondary N) is 1. The summed E-state index contributed by atoms with van der Waals surface area (Å²) in [6.45, 7) is 7.15. The number of hydrogen-bond donors (Lipinski definition) is 1. The van der Waals surface area contributed by atoms with Crippen LogP contribution in [0, 0.1) is 5.92 Å². The third-order valence-electron chi connectivity index (χ3n) is 6.40. The van der Waals surface area contributed by atoms with E-state index in [1.165, 1.54) is 61.8 Å². The van der Waals surface area contributed by atoms with Gasteiger partial charge in [-0.15, -0.1) is 24.0 Å². The van der Waals surface area contributed by atoms with Crippen LogP contribution >= 0.6 is 39.9 Å². The third kappa shape index (κ3) is 4.99. The largest absolute Gasteiger partial charge is 0.355 e. The fourth-order valence-corrected chi connectivity index (χ4v) is 5.37. The van der Waals surface area contributed by atoms with Crippen LogP contribution in [-0.4, -0.2) is 62.1 Å². The van der Waals surface area contributed by atoms with Crippen LogP contribution in [0.2, 0.25) is 0 Å². The number of benzene rings is 1. The van der Waals surface area contributed by atoms with Crippen LogP contribution in [0.1, 0.15) is 37.7 Å². The van der Waals surface area contributed by atoms with Crippen molar-refractivity contribution in [2.75, 3.05) is 46.3 Å². The Morgan fingerprint density at radius 3 is 2.63 bits per heavy atom. The monoisotopic (exact) mass is 546 g/mol. The second-order valence-corrected chi connectivity index (χ2v) is 9.12.